The summed E-state index contributed by atoms with van der Waals surface area (Å²) >= 11 is 4.54. The van der Waals surface area contributed by atoms with Crippen molar-refractivity contribution in [2.24, 2.45) is 0 Å². The quantitative estimate of drug-likeness (QED) is 0.406. The smallest absolute Gasteiger partial charge is 0.282 e. The van der Waals surface area contributed by atoms with E-state index in [1.54, 1.807) is 23.5 Å². The Morgan fingerprint density at radius 1 is 1.04 bits per heavy atom. The van der Waals surface area contributed by atoms with Crippen LogP contribution in [-0.4, -0.2) is 24.5 Å². The highest BCUT2D eigenvalue weighted by atomic mass is 32.2. The first-order valence-electron chi connectivity index (χ1n) is 8.99. The molecule has 0 aromatic heterocycles. The summed E-state index contributed by atoms with van der Waals surface area (Å²) in [5, 5.41) is 0.418. The lowest BCUT2D eigenvalue weighted by atomic mass is 10.0. The molecule has 1 fully saturated rings. The fourth-order valence-corrected chi connectivity index (χ4v) is 8.48. The molecule has 146 valence electrons. The Bertz CT molecular complexity index is 889. The Labute approximate surface area is 174 Å². The van der Waals surface area contributed by atoms with Crippen molar-refractivity contribution in [1.82, 2.24) is 0 Å². The lowest BCUT2D eigenvalue weighted by molar-refractivity contribution is 0.477. The first-order valence-corrected chi connectivity index (χ1v) is 13.3. The minimum absolute atomic E-state index is 0.0783. The molecule has 0 heterocycles. The molecule has 7 heteroatoms. The van der Waals surface area contributed by atoms with Crippen molar-refractivity contribution in [3.05, 3.63) is 42.0 Å². The lowest BCUT2D eigenvalue weighted by Crippen LogP contribution is -2.11. The zero-order chi connectivity index (χ0) is 19.4. The summed E-state index contributed by atoms with van der Waals surface area (Å²) in [6, 6.07) is 11.8. The second-order valence-corrected chi connectivity index (χ2v) is 11.3. The molecule has 0 radical (unpaired) electrons. The summed E-state index contributed by atoms with van der Waals surface area (Å²) in [6.07, 6.45) is 7.70. The molecule has 0 unspecified atom stereocenters. The van der Waals surface area contributed by atoms with E-state index in [1.165, 1.54) is 31.0 Å². The van der Waals surface area contributed by atoms with E-state index in [-0.39, 0.29) is 4.90 Å². The maximum Gasteiger partial charge on any atom is 0.296 e. The van der Waals surface area contributed by atoms with Crippen LogP contribution in [0.15, 0.2) is 60.9 Å². The number of rotatable bonds is 6. The molecule has 0 atom stereocenters. The van der Waals surface area contributed by atoms with Crippen LogP contribution in [0.25, 0.3) is 0 Å². The average Bonchev–Trinajstić information content (AvgIpc) is 2.64. The van der Waals surface area contributed by atoms with Crippen LogP contribution in [0.3, 0.4) is 0 Å². The monoisotopic (exact) mass is 440 g/mol. The van der Waals surface area contributed by atoms with E-state index in [4.69, 9.17) is 0 Å². The van der Waals surface area contributed by atoms with Crippen molar-refractivity contribution in [3.8, 4) is 0 Å². The third-order valence-electron chi connectivity index (χ3n) is 4.61. The fraction of sp³-hybridized carbons (Fsp3) is 0.400. The molecule has 27 heavy (non-hydrogen) atoms. The summed E-state index contributed by atoms with van der Waals surface area (Å²) in [4.78, 5) is 3.35. The molecular weight excluding hydrogens is 416 g/mol. The molecule has 3 rings (SSSR count). The first kappa shape index (κ1) is 21.1. The van der Waals surface area contributed by atoms with E-state index in [0.29, 0.717) is 15.0 Å². The van der Waals surface area contributed by atoms with Gasteiger partial charge in [0.15, 0.2) is 0 Å². The van der Waals surface area contributed by atoms with Crippen molar-refractivity contribution >= 4 is 45.4 Å². The first-order chi connectivity index (χ1) is 12.9. The summed E-state index contributed by atoms with van der Waals surface area (Å²) in [7, 11) is -4.31. The van der Waals surface area contributed by atoms with Gasteiger partial charge in [-0.05, 0) is 49.8 Å². The molecule has 0 saturated heterocycles. The minimum Gasteiger partial charge on any atom is -0.282 e. The second kappa shape index (κ2) is 9.27. The topological polar surface area (TPSA) is 54.4 Å². The van der Waals surface area contributed by atoms with Gasteiger partial charge in [0.1, 0.15) is 4.90 Å². The van der Waals surface area contributed by atoms with Gasteiger partial charge in [-0.3, -0.25) is 4.55 Å². The van der Waals surface area contributed by atoms with Gasteiger partial charge >= 0.3 is 0 Å². The third kappa shape index (κ3) is 5.26. The van der Waals surface area contributed by atoms with Gasteiger partial charge in [-0.15, -0.1) is 23.5 Å². The Balaban J connectivity index is 2.08. The SMILES string of the molecule is CSc1c(Sc2ccccc2)c(C)cc(SC2CCCCC2)c1S(=O)(=O)O. The Hall–Kier alpha value is -0.600. The van der Waals surface area contributed by atoms with Gasteiger partial charge in [-0.25, -0.2) is 0 Å². The Morgan fingerprint density at radius 3 is 2.30 bits per heavy atom. The van der Waals surface area contributed by atoms with Crippen LogP contribution >= 0.6 is 35.3 Å². The summed E-state index contributed by atoms with van der Waals surface area (Å²) in [5.74, 6) is 0. The van der Waals surface area contributed by atoms with E-state index >= 15 is 0 Å². The number of thioether (sulfide) groups is 2. The molecule has 0 aliphatic heterocycles. The highest BCUT2D eigenvalue weighted by molar-refractivity contribution is 8.03. The van der Waals surface area contributed by atoms with E-state index in [1.807, 2.05) is 49.6 Å². The van der Waals surface area contributed by atoms with Gasteiger partial charge in [0.2, 0.25) is 0 Å². The van der Waals surface area contributed by atoms with Crippen LogP contribution in [0.4, 0.5) is 0 Å². The van der Waals surface area contributed by atoms with Gasteiger partial charge < -0.3 is 0 Å². The maximum atomic E-state index is 12.3. The van der Waals surface area contributed by atoms with E-state index in [9.17, 15) is 13.0 Å². The maximum absolute atomic E-state index is 12.3. The molecule has 1 saturated carbocycles. The van der Waals surface area contributed by atoms with Crippen LogP contribution in [0.5, 0.6) is 0 Å². The number of benzene rings is 2. The third-order valence-corrected chi connectivity index (χ3v) is 9.38. The molecule has 0 amide bonds. The van der Waals surface area contributed by atoms with Crippen LogP contribution in [0.2, 0.25) is 0 Å². The van der Waals surface area contributed by atoms with Crippen molar-refractivity contribution in [2.45, 2.75) is 68.8 Å². The minimum atomic E-state index is -4.31. The van der Waals surface area contributed by atoms with Gasteiger partial charge in [0.25, 0.3) is 10.1 Å². The number of hydrogen-bond acceptors (Lipinski definition) is 5. The predicted octanol–water partition coefficient (Wildman–Crippen LogP) is 6.54. The normalized spacial score (nSPS) is 15.8. The van der Waals surface area contributed by atoms with Crippen molar-refractivity contribution in [3.63, 3.8) is 0 Å². The highest BCUT2D eigenvalue weighted by Gasteiger charge is 2.27. The van der Waals surface area contributed by atoms with Gasteiger partial charge in [-0.2, -0.15) is 8.42 Å². The summed E-state index contributed by atoms with van der Waals surface area (Å²) in [5.41, 5.74) is 1.04. The van der Waals surface area contributed by atoms with E-state index in [2.05, 4.69) is 0 Å². The number of aryl methyl sites for hydroxylation is 1. The molecule has 3 nitrogen and oxygen atoms in total. The average molecular weight is 441 g/mol. The van der Waals surface area contributed by atoms with Crippen LogP contribution in [-0.2, 0) is 10.1 Å². The molecule has 1 aliphatic carbocycles. The Morgan fingerprint density at radius 2 is 1.70 bits per heavy atom. The van der Waals surface area contributed by atoms with E-state index in [0.717, 1.165) is 28.2 Å². The van der Waals surface area contributed by atoms with Crippen molar-refractivity contribution in [2.75, 3.05) is 6.26 Å². The predicted molar refractivity (Wildman–Crippen MR) is 116 cm³/mol. The van der Waals surface area contributed by atoms with Crippen LogP contribution in [0.1, 0.15) is 37.7 Å². The lowest BCUT2D eigenvalue weighted by Gasteiger charge is -2.24. The molecule has 0 bridgehead atoms. The van der Waals surface area contributed by atoms with Gasteiger partial charge in [0, 0.05) is 24.8 Å². The zero-order valence-corrected chi connectivity index (χ0v) is 18.7. The molecule has 1 N–H and O–H groups in total. The molecule has 0 spiro atoms. The standard InChI is InChI=1S/C20H24O3S4/c1-14-13-17(25-15-9-5-3-6-10-15)20(27(21,22)23)19(24-2)18(14)26-16-11-7-4-8-12-16/h4,7-8,11-13,15H,3,5-6,9-10H2,1-2H3,(H,21,22,23). The van der Waals surface area contributed by atoms with Gasteiger partial charge in [0.05, 0.1) is 0 Å². The molecule has 2 aromatic carbocycles. The van der Waals surface area contributed by atoms with E-state index < -0.39 is 10.1 Å². The summed E-state index contributed by atoms with van der Waals surface area (Å²) in [6.45, 7) is 2.02. The highest BCUT2D eigenvalue weighted by Crippen LogP contribution is 2.46. The molecular formula is C20H24O3S4. The van der Waals surface area contributed by atoms with Crippen LogP contribution < -0.4 is 0 Å². The largest absolute Gasteiger partial charge is 0.296 e. The molecule has 2 aromatic rings. The fourth-order valence-electron chi connectivity index (χ4n) is 3.33. The molecule has 1 aliphatic rings. The van der Waals surface area contributed by atoms with Crippen molar-refractivity contribution < 1.29 is 13.0 Å². The van der Waals surface area contributed by atoms with Crippen LogP contribution in [0, 0.1) is 6.92 Å². The number of hydrogen-bond donors (Lipinski definition) is 1. The summed E-state index contributed by atoms with van der Waals surface area (Å²) < 4.78 is 34.7. The Kier molecular flexibility index (Phi) is 7.25. The second-order valence-electron chi connectivity index (χ2n) is 6.65. The van der Waals surface area contributed by atoms with Gasteiger partial charge in [-0.1, -0.05) is 49.2 Å². The zero-order valence-electron chi connectivity index (χ0n) is 15.5. The van der Waals surface area contributed by atoms with Crippen molar-refractivity contribution in [1.29, 1.82) is 0 Å².